The van der Waals surface area contributed by atoms with E-state index in [-0.39, 0.29) is 17.4 Å². The number of ether oxygens (including phenoxy) is 2. The predicted octanol–water partition coefficient (Wildman–Crippen LogP) is 3.09. The average Bonchev–Trinajstić information content (AvgIpc) is 3.32. The molecule has 2 unspecified atom stereocenters. The molecule has 2 aromatic rings. The van der Waals surface area contributed by atoms with Gasteiger partial charge in [0.25, 0.3) is 5.91 Å². The van der Waals surface area contributed by atoms with E-state index in [1.165, 1.54) is 6.20 Å². The van der Waals surface area contributed by atoms with Gasteiger partial charge in [0, 0.05) is 49.4 Å². The van der Waals surface area contributed by atoms with Crippen LogP contribution < -0.4 is 9.47 Å². The first-order valence-electron chi connectivity index (χ1n) is 12.2. The first-order valence-corrected chi connectivity index (χ1v) is 12.2. The first kappa shape index (κ1) is 23.7. The highest BCUT2D eigenvalue weighted by molar-refractivity contribution is 5.94. The highest BCUT2D eigenvalue weighted by atomic mass is 16.5. The number of methoxy groups -OCH3 is 2. The predicted molar refractivity (Wildman–Crippen MR) is 129 cm³/mol. The summed E-state index contributed by atoms with van der Waals surface area (Å²) in [6.07, 6.45) is 4.50. The van der Waals surface area contributed by atoms with Crippen LogP contribution in [0.15, 0.2) is 34.6 Å². The van der Waals surface area contributed by atoms with Crippen LogP contribution in [-0.2, 0) is 6.54 Å². The Labute approximate surface area is 205 Å². The third-order valence-electron chi connectivity index (χ3n) is 7.95. The summed E-state index contributed by atoms with van der Waals surface area (Å²) in [5, 5.41) is 15.3. The second-order valence-corrected chi connectivity index (χ2v) is 9.62. The molecule has 0 radical (unpaired) electrons. The maximum Gasteiger partial charge on any atom is 0.259 e. The van der Waals surface area contributed by atoms with Gasteiger partial charge in [-0.25, -0.2) is 4.90 Å². The van der Waals surface area contributed by atoms with Crippen LogP contribution in [0.5, 0.6) is 11.5 Å². The molecule has 4 heterocycles. The zero-order chi connectivity index (χ0) is 24.9. The normalized spacial score (nSPS) is 23.5. The number of rotatable bonds is 4. The lowest BCUT2D eigenvalue weighted by Gasteiger charge is -2.44. The van der Waals surface area contributed by atoms with Gasteiger partial charge in [0.2, 0.25) is 0 Å². The molecule has 9 heteroatoms. The summed E-state index contributed by atoms with van der Waals surface area (Å²) in [7, 11) is 3.33. The van der Waals surface area contributed by atoms with Crippen molar-refractivity contribution >= 4 is 5.91 Å². The number of aliphatic hydroxyl groups is 1. The van der Waals surface area contributed by atoms with Gasteiger partial charge < -0.3 is 28.9 Å². The van der Waals surface area contributed by atoms with E-state index in [4.69, 9.17) is 14.0 Å². The van der Waals surface area contributed by atoms with E-state index in [0.29, 0.717) is 37.5 Å². The van der Waals surface area contributed by atoms with Crippen LogP contribution in [0.2, 0.25) is 0 Å². The van der Waals surface area contributed by atoms with Crippen molar-refractivity contribution < 1.29 is 23.9 Å². The van der Waals surface area contributed by atoms with E-state index in [9.17, 15) is 9.90 Å². The van der Waals surface area contributed by atoms with E-state index < -0.39 is 6.35 Å². The number of allylic oxidation sites excluding steroid dienone is 1. The van der Waals surface area contributed by atoms with Crippen LogP contribution in [0.3, 0.4) is 0 Å². The SMILES string of the molecule is CCN1C(O)N2Cc3cc(OC)cc(OC)c3C(C)C=C2C12CCN(C(=O)c1cnoc1C)CC2. The molecule has 1 aromatic carbocycles. The summed E-state index contributed by atoms with van der Waals surface area (Å²) < 4.78 is 16.4. The smallest absolute Gasteiger partial charge is 0.259 e. The Morgan fingerprint density at radius 2 is 2.00 bits per heavy atom. The molecule has 2 saturated heterocycles. The van der Waals surface area contributed by atoms with Crippen molar-refractivity contribution in [3.63, 3.8) is 0 Å². The van der Waals surface area contributed by atoms with Crippen molar-refractivity contribution in [3.8, 4) is 11.5 Å². The summed E-state index contributed by atoms with van der Waals surface area (Å²) in [6, 6.07) is 3.97. The lowest BCUT2D eigenvalue weighted by Crippen LogP contribution is -2.55. The standard InChI is InChI=1S/C26H34N4O5/c1-6-30-25(32)29-15-18-12-19(33-4)13-21(34-5)23(18)16(2)11-22(29)26(30)7-9-28(10-8-26)24(31)20-14-27-35-17(20)3/h11-14,16,25,32H,6-10,15H2,1-5H3. The number of likely N-dealkylation sites (tertiary alicyclic amines) is 1. The molecule has 1 aromatic heterocycles. The fourth-order valence-electron chi connectivity index (χ4n) is 6.20. The Morgan fingerprint density at radius 1 is 1.26 bits per heavy atom. The average molecular weight is 483 g/mol. The minimum atomic E-state index is -0.746. The molecule has 1 amide bonds. The molecule has 1 N–H and O–H groups in total. The van der Waals surface area contributed by atoms with Crippen LogP contribution in [0, 0.1) is 6.92 Å². The number of aryl methyl sites for hydroxylation is 1. The molecule has 3 aliphatic rings. The summed E-state index contributed by atoms with van der Waals surface area (Å²) in [5.41, 5.74) is 3.51. The molecule has 0 saturated carbocycles. The largest absolute Gasteiger partial charge is 0.497 e. The van der Waals surface area contributed by atoms with Gasteiger partial charge in [0.15, 0.2) is 6.35 Å². The van der Waals surface area contributed by atoms with Gasteiger partial charge in [-0.3, -0.25) is 4.79 Å². The monoisotopic (exact) mass is 482 g/mol. The molecule has 5 rings (SSSR count). The summed E-state index contributed by atoms with van der Waals surface area (Å²) in [4.78, 5) is 19.2. The van der Waals surface area contributed by atoms with Crippen molar-refractivity contribution in [2.24, 2.45) is 0 Å². The fraction of sp³-hybridized carbons (Fsp3) is 0.538. The van der Waals surface area contributed by atoms with Gasteiger partial charge in [-0.15, -0.1) is 0 Å². The molecule has 1 spiro atoms. The highest BCUT2D eigenvalue weighted by Gasteiger charge is 2.55. The molecule has 9 nitrogen and oxygen atoms in total. The number of amides is 1. The summed E-state index contributed by atoms with van der Waals surface area (Å²) in [6.45, 7) is 8.46. The van der Waals surface area contributed by atoms with Crippen molar-refractivity contribution in [2.45, 2.75) is 58.0 Å². The van der Waals surface area contributed by atoms with Crippen molar-refractivity contribution in [1.29, 1.82) is 0 Å². The molecule has 2 fully saturated rings. The van der Waals surface area contributed by atoms with Gasteiger partial charge in [0.05, 0.1) is 26.0 Å². The van der Waals surface area contributed by atoms with E-state index >= 15 is 0 Å². The Hall–Kier alpha value is -3.04. The lowest BCUT2D eigenvalue weighted by atomic mass is 9.82. The Kier molecular flexibility index (Phi) is 6.01. The molecular formula is C26H34N4O5. The van der Waals surface area contributed by atoms with Crippen LogP contribution in [0.4, 0.5) is 0 Å². The Balaban J connectivity index is 1.49. The van der Waals surface area contributed by atoms with Crippen LogP contribution in [-0.4, -0.2) is 76.6 Å². The summed E-state index contributed by atoms with van der Waals surface area (Å²) >= 11 is 0. The quantitative estimate of drug-likeness (QED) is 0.711. The molecule has 3 aliphatic heterocycles. The van der Waals surface area contributed by atoms with Gasteiger partial charge in [-0.2, -0.15) is 0 Å². The number of benzene rings is 1. The van der Waals surface area contributed by atoms with E-state index in [0.717, 1.165) is 41.2 Å². The van der Waals surface area contributed by atoms with Crippen molar-refractivity contribution in [3.05, 3.63) is 52.6 Å². The van der Waals surface area contributed by atoms with Gasteiger partial charge in [-0.05, 0) is 31.4 Å². The van der Waals surface area contributed by atoms with Crippen molar-refractivity contribution in [2.75, 3.05) is 33.9 Å². The van der Waals surface area contributed by atoms with Gasteiger partial charge in [-0.1, -0.05) is 25.1 Å². The number of carbonyl (C=O) groups is 1. The Morgan fingerprint density at radius 3 is 2.60 bits per heavy atom. The van der Waals surface area contributed by atoms with Crippen LogP contribution in [0.1, 0.15) is 59.9 Å². The molecule has 2 atom stereocenters. The second-order valence-electron chi connectivity index (χ2n) is 9.62. The zero-order valence-electron chi connectivity index (χ0n) is 21.1. The van der Waals surface area contributed by atoms with Crippen LogP contribution >= 0.6 is 0 Å². The molecule has 188 valence electrons. The fourth-order valence-corrected chi connectivity index (χ4v) is 6.20. The van der Waals surface area contributed by atoms with E-state index in [1.807, 2.05) is 17.0 Å². The topological polar surface area (TPSA) is 91.5 Å². The molecular weight excluding hydrogens is 448 g/mol. The number of hydrogen-bond donors (Lipinski definition) is 1. The number of aliphatic hydroxyl groups excluding tert-OH is 1. The second kappa shape index (κ2) is 8.87. The number of piperidine rings is 1. The van der Waals surface area contributed by atoms with E-state index in [2.05, 4.69) is 34.9 Å². The van der Waals surface area contributed by atoms with Crippen molar-refractivity contribution in [1.82, 2.24) is 19.9 Å². The number of nitrogens with zero attached hydrogens (tertiary/aromatic N) is 4. The zero-order valence-corrected chi connectivity index (χ0v) is 21.1. The Bertz CT molecular complexity index is 1150. The number of likely N-dealkylation sites (N-methyl/N-ethyl adjacent to an activating group) is 1. The molecule has 0 bridgehead atoms. The molecule has 0 aliphatic carbocycles. The highest BCUT2D eigenvalue weighted by Crippen LogP contribution is 2.50. The maximum atomic E-state index is 13.1. The summed E-state index contributed by atoms with van der Waals surface area (Å²) in [5.74, 6) is 2.11. The van der Waals surface area contributed by atoms with Crippen LogP contribution in [0.25, 0.3) is 0 Å². The third-order valence-corrected chi connectivity index (χ3v) is 7.95. The minimum absolute atomic E-state index is 0.0514. The molecule has 35 heavy (non-hydrogen) atoms. The maximum absolute atomic E-state index is 13.1. The van der Waals surface area contributed by atoms with Gasteiger partial charge >= 0.3 is 0 Å². The van der Waals surface area contributed by atoms with Gasteiger partial charge in [0.1, 0.15) is 22.8 Å². The third kappa shape index (κ3) is 3.60. The number of aromatic nitrogens is 1. The van der Waals surface area contributed by atoms with E-state index in [1.54, 1.807) is 21.1 Å². The number of hydrogen-bond acceptors (Lipinski definition) is 8. The number of fused-ring (bicyclic) bond motifs is 3. The lowest BCUT2D eigenvalue weighted by molar-refractivity contribution is -0.0851. The number of carbonyl (C=O) groups excluding carboxylic acids is 1. The first-order chi connectivity index (χ1) is 16.8. The minimum Gasteiger partial charge on any atom is -0.497 e.